The summed E-state index contributed by atoms with van der Waals surface area (Å²) in [4.78, 5) is 35.9. The van der Waals surface area contributed by atoms with Gasteiger partial charge in [-0.2, -0.15) is 9.98 Å². The summed E-state index contributed by atoms with van der Waals surface area (Å²) in [7, 11) is 0. The minimum atomic E-state index is -0.711. The van der Waals surface area contributed by atoms with Crippen LogP contribution in [0.1, 0.15) is 6.92 Å². The summed E-state index contributed by atoms with van der Waals surface area (Å²) in [5.74, 6) is 0. The first-order valence-corrected chi connectivity index (χ1v) is 4.82. The Bertz CT molecular complexity index is 435. The van der Waals surface area contributed by atoms with Crippen molar-refractivity contribution in [1.29, 1.82) is 0 Å². The van der Waals surface area contributed by atoms with Gasteiger partial charge >= 0.3 is 6.09 Å². The summed E-state index contributed by atoms with van der Waals surface area (Å²) in [5, 5.41) is 0. The highest BCUT2D eigenvalue weighted by Gasteiger charge is 1.89. The molecule has 0 fully saturated rings. The molecule has 2 N–H and O–H groups in total. The Kier molecular flexibility index (Phi) is 8.03. The van der Waals surface area contributed by atoms with E-state index in [1.807, 2.05) is 0 Å². The highest BCUT2D eigenvalue weighted by atomic mass is 16.5. The van der Waals surface area contributed by atoms with E-state index < -0.39 is 6.09 Å². The van der Waals surface area contributed by atoms with Gasteiger partial charge < -0.3 is 10.5 Å². The lowest BCUT2D eigenvalue weighted by Gasteiger charge is -1.89. The molecule has 1 aromatic carbocycles. The first kappa shape index (κ1) is 15.2. The fourth-order valence-corrected chi connectivity index (χ4v) is 0.849. The van der Waals surface area contributed by atoms with E-state index in [4.69, 9.17) is 0 Å². The molecule has 1 amide bonds. The van der Waals surface area contributed by atoms with E-state index in [2.05, 4.69) is 20.5 Å². The van der Waals surface area contributed by atoms with Crippen LogP contribution in [0, 0.1) is 0 Å². The number of amides is 1. The number of rotatable bonds is 3. The fourth-order valence-electron chi connectivity index (χ4n) is 0.849. The number of benzene rings is 1. The lowest BCUT2D eigenvalue weighted by Crippen LogP contribution is -2.11. The van der Waals surface area contributed by atoms with Crippen LogP contribution in [-0.2, 0) is 14.3 Å². The first-order valence-electron chi connectivity index (χ1n) is 4.82. The number of hydrogen-bond donors (Lipinski definition) is 1. The van der Waals surface area contributed by atoms with Gasteiger partial charge in [-0.05, 0) is 31.2 Å². The van der Waals surface area contributed by atoms with E-state index in [9.17, 15) is 14.4 Å². The molecule has 0 atom stereocenters. The SMILES string of the molecule is CCOC(N)=O.O=C=Nc1ccc(N=C=O)cc1. The summed E-state index contributed by atoms with van der Waals surface area (Å²) in [5.41, 5.74) is 5.50. The third-order valence-electron chi connectivity index (χ3n) is 1.49. The molecule has 0 spiro atoms. The van der Waals surface area contributed by atoms with Crippen LogP contribution in [-0.4, -0.2) is 24.9 Å². The maximum Gasteiger partial charge on any atom is 0.404 e. The molecule has 0 aromatic heterocycles. The average molecular weight is 249 g/mol. The van der Waals surface area contributed by atoms with Crippen LogP contribution in [0.5, 0.6) is 0 Å². The summed E-state index contributed by atoms with van der Waals surface area (Å²) < 4.78 is 4.18. The van der Waals surface area contributed by atoms with Crippen molar-refractivity contribution >= 4 is 29.6 Å². The number of ether oxygens (including phenoxy) is 1. The Morgan fingerprint density at radius 3 is 1.72 bits per heavy atom. The van der Waals surface area contributed by atoms with Gasteiger partial charge in [-0.3, -0.25) is 0 Å². The van der Waals surface area contributed by atoms with Crippen molar-refractivity contribution in [1.82, 2.24) is 0 Å². The van der Waals surface area contributed by atoms with Gasteiger partial charge in [0.1, 0.15) is 0 Å². The number of primary amides is 1. The van der Waals surface area contributed by atoms with E-state index in [0.29, 0.717) is 18.0 Å². The Labute approximate surface area is 103 Å². The van der Waals surface area contributed by atoms with E-state index in [1.54, 1.807) is 31.2 Å². The van der Waals surface area contributed by atoms with Gasteiger partial charge in [0.05, 0.1) is 18.0 Å². The largest absolute Gasteiger partial charge is 0.450 e. The zero-order chi connectivity index (χ0) is 13.8. The normalized spacial score (nSPS) is 7.83. The third kappa shape index (κ3) is 7.53. The molecule has 1 rings (SSSR count). The third-order valence-corrected chi connectivity index (χ3v) is 1.49. The standard InChI is InChI=1S/C8H4N2O2.C3H7NO2/c11-5-9-7-1-2-8(4-3-7)10-6-12;1-2-6-3(4)5/h1-4H;2H2,1H3,(H2,4,5). The molecule has 0 bridgehead atoms. The topological polar surface area (TPSA) is 111 Å². The molecular weight excluding hydrogens is 238 g/mol. The van der Waals surface area contributed by atoms with Crippen molar-refractivity contribution in [2.24, 2.45) is 15.7 Å². The molecule has 0 aliphatic rings. The van der Waals surface area contributed by atoms with Crippen LogP contribution in [0.15, 0.2) is 34.3 Å². The molecule has 7 heteroatoms. The van der Waals surface area contributed by atoms with E-state index in [-0.39, 0.29) is 0 Å². The number of hydrogen-bond acceptors (Lipinski definition) is 6. The summed E-state index contributed by atoms with van der Waals surface area (Å²) in [6.45, 7) is 2.06. The van der Waals surface area contributed by atoms with Crippen molar-refractivity contribution in [3.63, 3.8) is 0 Å². The molecule has 0 aliphatic heterocycles. The second-order valence-electron chi connectivity index (χ2n) is 2.67. The minimum Gasteiger partial charge on any atom is -0.450 e. The van der Waals surface area contributed by atoms with Gasteiger partial charge in [0.2, 0.25) is 12.2 Å². The molecule has 94 valence electrons. The number of nitrogens with two attached hydrogens (primary N) is 1. The molecule has 0 aliphatic carbocycles. The van der Waals surface area contributed by atoms with E-state index in [0.717, 1.165) is 0 Å². The van der Waals surface area contributed by atoms with Gasteiger partial charge in [0.15, 0.2) is 0 Å². The lowest BCUT2D eigenvalue weighted by atomic mass is 10.3. The van der Waals surface area contributed by atoms with Gasteiger partial charge in [0.25, 0.3) is 0 Å². The molecule has 1 aromatic rings. The first-order chi connectivity index (χ1) is 8.63. The Hall–Kier alpha value is -2.75. The molecule has 0 radical (unpaired) electrons. The number of carbonyl (C=O) groups excluding carboxylic acids is 3. The van der Waals surface area contributed by atoms with Crippen molar-refractivity contribution in [2.45, 2.75) is 6.92 Å². The monoisotopic (exact) mass is 249 g/mol. The number of aliphatic imine (C=N–C) groups is 2. The number of nitrogens with zero attached hydrogens (tertiary/aromatic N) is 2. The summed E-state index contributed by atoms with van der Waals surface area (Å²) in [6.07, 6.45) is 2.09. The second-order valence-corrected chi connectivity index (χ2v) is 2.67. The van der Waals surface area contributed by atoms with Crippen LogP contribution in [0.3, 0.4) is 0 Å². The average Bonchev–Trinajstić information content (AvgIpc) is 2.33. The van der Waals surface area contributed by atoms with Gasteiger partial charge in [0, 0.05) is 0 Å². The molecular formula is C11H11N3O4. The van der Waals surface area contributed by atoms with Crippen molar-refractivity contribution in [3.05, 3.63) is 24.3 Å². The van der Waals surface area contributed by atoms with Crippen LogP contribution < -0.4 is 5.73 Å². The van der Waals surface area contributed by atoms with Crippen LogP contribution >= 0.6 is 0 Å². The Balaban J connectivity index is 0.000000411. The smallest absolute Gasteiger partial charge is 0.404 e. The molecule has 0 saturated heterocycles. The lowest BCUT2D eigenvalue weighted by molar-refractivity contribution is 0.163. The summed E-state index contributed by atoms with van der Waals surface area (Å²) >= 11 is 0. The molecule has 7 nitrogen and oxygen atoms in total. The maximum absolute atomic E-state index is 9.81. The quantitative estimate of drug-likeness (QED) is 0.649. The van der Waals surface area contributed by atoms with Gasteiger partial charge in [-0.25, -0.2) is 14.4 Å². The Morgan fingerprint density at radius 2 is 1.56 bits per heavy atom. The van der Waals surface area contributed by atoms with Gasteiger partial charge in [-0.15, -0.1) is 0 Å². The predicted octanol–water partition coefficient (Wildman–Crippen LogP) is 1.72. The van der Waals surface area contributed by atoms with Crippen LogP contribution in [0.25, 0.3) is 0 Å². The molecule has 0 unspecified atom stereocenters. The number of carbonyl (C=O) groups is 1. The molecule has 0 heterocycles. The van der Waals surface area contributed by atoms with Crippen LogP contribution in [0.4, 0.5) is 16.2 Å². The molecule has 18 heavy (non-hydrogen) atoms. The minimum absolute atomic E-state index is 0.356. The zero-order valence-electron chi connectivity index (χ0n) is 9.62. The van der Waals surface area contributed by atoms with Crippen molar-refractivity contribution in [2.75, 3.05) is 6.61 Å². The van der Waals surface area contributed by atoms with Gasteiger partial charge in [-0.1, -0.05) is 0 Å². The fraction of sp³-hybridized carbons (Fsp3) is 0.182. The Morgan fingerprint density at radius 1 is 1.17 bits per heavy atom. The molecule has 0 saturated carbocycles. The highest BCUT2D eigenvalue weighted by molar-refractivity contribution is 5.64. The van der Waals surface area contributed by atoms with Crippen LogP contribution in [0.2, 0.25) is 0 Å². The second kappa shape index (κ2) is 9.47. The zero-order valence-corrected chi connectivity index (χ0v) is 9.62. The maximum atomic E-state index is 9.81. The van der Waals surface area contributed by atoms with E-state index >= 15 is 0 Å². The van der Waals surface area contributed by atoms with Crippen molar-refractivity contribution < 1.29 is 19.1 Å². The summed E-state index contributed by atoms with van der Waals surface area (Å²) in [6, 6.07) is 6.23. The van der Waals surface area contributed by atoms with E-state index in [1.165, 1.54) is 12.2 Å². The highest BCUT2D eigenvalue weighted by Crippen LogP contribution is 2.16. The number of isocyanates is 2. The predicted molar refractivity (Wildman–Crippen MR) is 63.2 cm³/mol. The van der Waals surface area contributed by atoms with Crippen molar-refractivity contribution in [3.8, 4) is 0 Å².